The Bertz CT molecular complexity index is 623. The summed E-state index contributed by atoms with van der Waals surface area (Å²) in [5.41, 5.74) is 0.247. The summed E-state index contributed by atoms with van der Waals surface area (Å²) in [7, 11) is 0. The Morgan fingerprint density at radius 2 is 2.09 bits per heavy atom. The molecule has 0 radical (unpaired) electrons. The van der Waals surface area contributed by atoms with Gasteiger partial charge in [0.15, 0.2) is 0 Å². The SMILES string of the molecule is CC1C(c2ccc(C(=O)N3CCNCC3)s2)=NOC1C(F)(F)F. The maximum atomic E-state index is 12.8. The highest BCUT2D eigenvalue weighted by Crippen LogP contribution is 2.36. The van der Waals surface area contributed by atoms with E-state index < -0.39 is 18.2 Å². The number of nitrogens with zero attached hydrogens (tertiary/aromatic N) is 2. The van der Waals surface area contributed by atoms with E-state index in [9.17, 15) is 18.0 Å². The average molecular weight is 347 g/mol. The van der Waals surface area contributed by atoms with Crippen molar-refractivity contribution in [3.05, 3.63) is 21.9 Å². The van der Waals surface area contributed by atoms with Crippen molar-refractivity contribution in [1.82, 2.24) is 10.2 Å². The van der Waals surface area contributed by atoms with Crippen LogP contribution in [0.3, 0.4) is 0 Å². The van der Waals surface area contributed by atoms with Crippen molar-refractivity contribution >= 4 is 23.0 Å². The molecule has 0 saturated carbocycles. The first kappa shape index (κ1) is 16.3. The third-order valence-electron chi connectivity index (χ3n) is 3.95. The van der Waals surface area contributed by atoms with Crippen molar-refractivity contribution in [2.75, 3.05) is 26.2 Å². The van der Waals surface area contributed by atoms with Crippen molar-refractivity contribution in [1.29, 1.82) is 0 Å². The molecule has 2 aliphatic rings. The number of hydrogen-bond acceptors (Lipinski definition) is 5. The lowest BCUT2D eigenvalue weighted by Crippen LogP contribution is -2.46. The van der Waals surface area contributed by atoms with Crippen molar-refractivity contribution in [2.24, 2.45) is 11.1 Å². The number of amides is 1. The molecule has 3 rings (SSSR count). The van der Waals surface area contributed by atoms with Gasteiger partial charge in [0.2, 0.25) is 6.10 Å². The molecular weight excluding hydrogens is 331 g/mol. The monoisotopic (exact) mass is 347 g/mol. The lowest BCUT2D eigenvalue weighted by Gasteiger charge is -2.26. The number of nitrogens with one attached hydrogen (secondary N) is 1. The number of halogens is 3. The first-order valence-electron chi connectivity index (χ1n) is 7.28. The molecule has 2 unspecified atom stereocenters. The first-order valence-corrected chi connectivity index (χ1v) is 8.10. The van der Waals surface area contributed by atoms with Gasteiger partial charge in [0.25, 0.3) is 5.91 Å². The van der Waals surface area contributed by atoms with Crippen LogP contribution in [0.25, 0.3) is 0 Å². The molecule has 2 atom stereocenters. The van der Waals surface area contributed by atoms with Gasteiger partial charge in [0.05, 0.1) is 15.7 Å². The van der Waals surface area contributed by atoms with Crippen LogP contribution in [0.4, 0.5) is 13.2 Å². The smallest absolute Gasteiger partial charge is 0.382 e. The number of oxime groups is 1. The number of carbonyl (C=O) groups excluding carboxylic acids is 1. The van der Waals surface area contributed by atoms with Crippen LogP contribution < -0.4 is 5.32 Å². The Hall–Kier alpha value is -1.61. The van der Waals surface area contributed by atoms with E-state index in [2.05, 4.69) is 15.3 Å². The van der Waals surface area contributed by atoms with Crippen LogP contribution in [0, 0.1) is 5.92 Å². The minimum absolute atomic E-state index is 0.0951. The van der Waals surface area contributed by atoms with E-state index in [0.717, 1.165) is 24.4 Å². The number of hydrogen-bond donors (Lipinski definition) is 1. The summed E-state index contributed by atoms with van der Waals surface area (Å²) in [6, 6.07) is 3.28. The number of piperazine rings is 1. The molecule has 1 amide bonds. The summed E-state index contributed by atoms with van der Waals surface area (Å²) in [5.74, 6) is -0.988. The highest BCUT2D eigenvalue weighted by atomic mass is 32.1. The fourth-order valence-electron chi connectivity index (χ4n) is 2.66. The van der Waals surface area contributed by atoms with Crippen LogP contribution in [-0.4, -0.2) is 55.0 Å². The van der Waals surface area contributed by atoms with Crippen molar-refractivity contribution in [3.63, 3.8) is 0 Å². The van der Waals surface area contributed by atoms with Crippen LogP contribution in [0.2, 0.25) is 0 Å². The second-order valence-corrected chi connectivity index (χ2v) is 6.62. The molecular formula is C14H16F3N3O2S. The summed E-state index contributed by atoms with van der Waals surface area (Å²) in [4.78, 5) is 19.7. The topological polar surface area (TPSA) is 53.9 Å². The van der Waals surface area contributed by atoms with E-state index in [4.69, 9.17) is 0 Å². The van der Waals surface area contributed by atoms with Crippen molar-refractivity contribution < 1.29 is 22.8 Å². The molecule has 3 heterocycles. The van der Waals surface area contributed by atoms with E-state index in [1.807, 2.05) is 0 Å². The third kappa shape index (κ3) is 3.20. The number of thiophene rings is 1. The summed E-state index contributed by atoms with van der Waals surface area (Å²) in [6.45, 7) is 4.18. The van der Waals surface area contributed by atoms with Crippen molar-refractivity contribution in [2.45, 2.75) is 19.2 Å². The largest absolute Gasteiger partial charge is 0.428 e. The predicted octanol–water partition coefficient (Wildman–Crippen LogP) is 2.09. The van der Waals surface area contributed by atoms with Gasteiger partial charge in [-0.1, -0.05) is 12.1 Å². The van der Waals surface area contributed by atoms with Gasteiger partial charge in [0, 0.05) is 26.2 Å². The standard InChI is InChI=1S/C14H16F3N3O2S/c1-8-11(19-22-12(8)14(15,16)17)9-2-3-10(23-9)13(21)20-6-4-18-5-7-20/h2-3,8,12,18H,4-7H2,1H3. The molecule has 0 bridgehead atoms. The minimum Gasteiger partial charge on any atom is -0.382 e. The summed E-state index contributed by atoms with van der Waals surface area (Å²) in [5, 5.41) is 6.76. The van der Waals surface area contributed by atoms with Gasteiger partial charge in [0.1, 0.15) is 5.71 Å². The molecule has 0 spiro atoms. The van der Waals surface area contributed by atoms with E-state index in [1.165, 1.54) is 6.92 Å². The summed E-state index contributed by atoms with van der Waals surface area (Å²) < 4.78 is 38.4. The number of carbonyl (C=O) groups is 1. The van der Waals surface area contributed by atoms with Gasteiger partial charge in [-0.25, -0.2) is 0 Å². The molecule has 1 aromatic rings. The van der Waals surface area contributed by atoms with Gasteiger partial charge in [-0.05, 0) is 12.1 Å². The normalized spacial score (nSPS) is 25.2. The fourth-order valence-corrected chi connectivity index (χ4v) is 3.71. The maximum Gasteiger partial charge on any atom is 0.428 e. The number of rotatable bonds is 2. The van der Waals surface area contributed by atoms with Crippen LogP contribution >= 0.6 is 11.3 Å². The average Bonchev–Trinajstić information content (AvgIpc) is 3.13. The molecule has 1 N–H and O–H groups in total. The molecule has 23 heavy (non-hydrogen) atoms. The van der Waals surface area contributed by atoms with E-state index in [-0.39, 0.29) is 11.6 Å². The summed E-state index contributed by atoms with van der Waals surface area (Å²) >= 11 is 1.16. The van der Waals surface area contributed by atoms with E-state index in [0.29, 0.717) is 22.8 Å². The Morgan fingerprint density at radius 1 is 1.39 bits per heavy atom. The van der Waals surface area contributed by atoms with Crippen LogP contribution in [0.1, 0.15) is 21.5 Å². The lowest BCUT2D eigenvalue weighted by molar-refractivity contribution is -0.220. The van der Waals surface area contributed by atoms with Gasteiger partial charge >= 0.3 is 6.18 Å². The van der Waals surface area contributed by atoms with E-state index in [1.54, 1.807) is 17.0 Å². The molecule has 0 aliphatic carbocycles. The Morgan fingerprint density at radius 3 is 2.70 bits per heavy atom. The van der Waals surface area contributed by atoms with Crippen LogP contribution in [0.5, 0.6) is 0 Å². The van der Waals surface area contributed by atoms with Crippen LogP contribution in [-0.2, 0) is 4.84 Å². The Labute approximate surface area is 135 Å². The zero-order valence-corrected chi connectivity index (χ0v) is 13.2. The zero-order valence-electron chi connectivity index (χ0n) is 12.4. The van der Waals surface area contributed by atoms with Crippen LogP contribution in [0.15, 0.2) is 17.3 Å². The van der Waals surface area contributed by atoms with Gasteiger partial charge in [-0.2, -0.15) is 13.2 Å². The highest BCUT2D eigenvalue weighted by Gasteiger charge is 2.50. The number of alkyl halides is 3. The van der Waals surface area contributed by atoms with Gasteiger partial charge in [-0.15, -0.1) is 11.3 Å². The Kier molecular flexibility index (Phi) is 4.33. The molecule has 1 saturated heterocycles. The zero-order chi connectivity index (χ0) is 16.6. The molecule has 9 heteroatoms. The second kappa shape index (κ2) is 6.12. The molecule has 5 nitrogen and oxygen atoms in total. The molecule has 1 fully saturated rings. The molecule has 2 aliphatic heterocycles. The third-order valence-corrected chi connectivity index (χ3v) is 5.04. The minimum atomic E-state index is -4.46. The lowest BCUT2D eigenvalue weighted by atomic mass is 9.98. The molecule has 126 valence electrons. The van der Waals surface area contributed by atoms with E-state index >= 15 is 0 Å². The highest BCUT2D eigenvalue weighted by molar-refractivity contribution is 7.16. The quantitative estimate of drug-likeness (QED) is 0.891. The molecule has 1 aromatic heterocycles. The van der Waals surface area contributed by atoms with Gasteiger partial charge < -0.3 is 15.1 Å². The summed E-state index contributed by atoms with van der Waals surface area (Å²) in [6.07, 6.45) is -6.38. The van der Waals surface area contributed by atoms with Crippen molar-refractivity contribution in [3.8, 4) is 0 Å². The van der Waals surface area contributed by atoms with Gasteiger partial charge in [-0.3, -0.25) is 4.79 Å². The second-order valence-electron chi connectivity index (χ2n) is 5.54. The molecule has 0 aromatic carbocycles. The Balaban J connectivity index is 1.74. The fraction of sp³-hybridized carbons (Fsp3) is 0.571. The first-order chi connectivity index (χ1) is 10.9. The maximum absolute atomic E-state index is 12.8. The predicted molar refractivity (Wildman–Crippen MR) is 79.7 cm³/mol.